The van der Waals surface area contributed by atoms with Gasteiger partial charge in [0.05, 0.1) is 0 Å². The Hall–Kier alpha value is 0.734. The van der Waals surface area contributed by atoms with Gasteiger partial charge in [-0.05, 0) is 6.42 Å². The fourth-order valence-electron chi connectivity index (χ4n) is 0.489. The van der Waals surface area contributed by atoms with Gasteiger partial charge in [0.1, 0.15) is 5.78 Å². The third kappa shape index (κ3) is 5.51. The van der Waals surface area contributed by atoms with Crippen LogP contribution < -0.4 is 0 Å². The van der Waals surface area contributed by atoms with E-state index in [1.807, 2.05) is 20.8 Å². The van der Waals surface area contributed by atoms with Crippen LogP contribution in [0.15, 0.2) is 0 Å². The minimum atomic E-state index is -0.249. The third-order valence-corrected chi connectivity index (χ3v) is 1.19. The molecule has 0 aromatic carbocycles. The van der Waals surface area contributed by atoms with Crippen LogP contribution in [-0.2, 0) is 37.5 Å². The molecule has 0 unspecified atom stereocenters. The molecule has 57 valence electrons. The SMILES string of the molecule is CC(C)(C)C(=O)CC[NH-].[Y]. The fourth-order valence-corrected chi connectivity index (χ4v) is 0.489. The summed E-state index contributed by atoms with van der Waals surface area (Å²) in [6, 6.07) is 0. The Morgan fingerprint density at radius 2 is 1.80 bits per heavy atom. The van der Waals surface area contributed by atoms with Crippen LogP contribution in [0.3, 0.4) is 0 Å². The Morgan fingerprint density at radius 1 is 1.40 bits per heavy atom. The molecule has 0 saturated carbocycles. The molecule has 0 spiro atoms. The van der Waals surface area contributed by atoms with E-state index in [0.717, 1.165) is 0 Å². The van der Waals surface area contributed by atoms with Gasteiger partial charge in [-0.3, -0.25) is 4.79 Å². The summed E-state index contributed by atoms with van der Waals surface area (Å²) in [6.07, 6.45) is 0.392. The van der Waals surface area contributed by atoms with Gasteiger partial charge in [-0.1, -0.05) is 20.8 Å². The number of ketones is 1. The van der Waals surface area contributed by atoms with Crippen molar-refractivity contribution >= 4 is 5.78 Å². The first kappa shape index (κ1) is 13.3. The molecule has 0 atom stereocenters. The van der Waals surface area contributed by atoms with Crippen molar-refractivity contribution in [3.05, 3.63) is 5.73 Å². The molecule has 0 aliphatic carbocycles. The smallest absolute Gasteiger partial charge is 0.136 e. The maximum absolute atomic E-state index is 10.9. The molecule has 0 aliphatic heterocycles. The van der Waals surface area contributed by atoms with Crippen molar-refractivity contribution in [1.82, 2.24) is 0 Å². The van der Waals surface area contributed by atoms with E-state index >= 15 is 0 Å². The summed E-state index contributed by atoms with van der Waals surface area (Å²) in [5, 5.41) is 0. The molecule has 0 aromatic heterocycles. The molecule has 10 heavy (non-hydrogen) atoms. The van der Waals surface area contributed by atoms with Crippen molar-refractivity contribution < 1.29 is 37.5 Å². The molecule has 1 radical (unpaired) electrons. The predicted octanol–water partition coefficient (Wildman–Crippen LogP) is 2.04. The summed E-state index contributed by atoms with van der Waals surface area (Å²) < 4.78 is 0. The van der Waals surface area contributed by atoms with Crippen molar-refractivity contribution in [2.24, 2.45) is 5.41 Å². The Morgan fingerprint density at radius 3 is 1.90 bits per heavy atom. The summed E-state index contributed by atoms with van der Waals surface area (Å²) in [7, 11) is 0. The van der Waals surface area contributed by atoms with E-state index in [-0.39, 0.29) is 50.5 Å². The molecule has 0 fully saturated rings. The second-order valence-corrected chi connectivity index (χ2v) is 3.17. The number of hydrogen-bond donors (Lipinski definition) is 0. The van der Waals surface area contributed by atoms with Crippen molar-refractivity contribution in [3.8, 4) is 0 Å². The summed E-state index contributed by atoms with van der Waals surface area (Å²) in [6.45, 7) is 5.86. The van der Waals surface area contributed by atoms with Crippen molar-refractivity contribution in [3.63, 3.8) is 0 Å². The van der Waals surface area contributed by atoms with Crippen LogP contribution >= 0.6 is 0 Å². The molecule has 0 aliphatic rings. The zero-order valence-corrected chi connectivity index (χ0v) is 9.74. The topological polar surface area (TPSA) is 40.9 Å². The van der Waals surface area contributed by atoms with Gasteiger partial charge in [-0.2, -0.15) is 0 Å². The normalized spacial score (nSPS) is 10.4. The number of carbonyl (C=O) groups excluding carboxylic acids is 1. The Balaban J connectivity index is 0. The number of rotatable bonds is 2. The third-order valence-electron chi connectivity index (χ3n) is 1.19. The van der Waals surface area contributed by atoms with Crippen LogP contribution in [0.1, 0.15) is 27.2 Å². The molecule has 0 heterocycles. The zero-order valence-electron chi connectivity index (χ0n) is 6.90. The van der Waals surface area contributed by atoms with Crippen LogP contribution in [0, 0.1) is 5.41 Å². The standard InChI is InChI=1S/C7H14NO.Y/c1-7(2,3)6(9)4-5-8;/h8H,4-5H2,1-3H3;/q-1;. The molecule has 0 saturated heterocycles. The van der Waals surface area contributed by atoms with Crippen molar-refractivity contribution in [2.75, 3.05) is 6.54 Å². The van der Waals surface area contributed by atoms with E-state index in [1.54, 1.807) is 0 Å². The molecule has 2 nitrogen and oxygen atoms in total. The Kier molecular flexibility index (Phi) is 7.19. The van der Waals surface area contributed by atoms with Crippen LogP contribution in [0.4, 0.5) is 0 Å². The van der Waals surface area contributed by atoms with Gasteiger partial charge >= 0.3 is 0 Å². The average Bonchev–Trinajstić information content (AvgIpc) is 1.64. The van der Waals surface area contributed by atoms with Crippen LogP contribution in [0.2, 0.25) is 0 Å². The van der Waals surface area contributed by atoms with E-state index in [2.05, 4.69) is 0 Å². The van der Waals surface area contributed by atoms with Gasteiger partial charge < -0.3 is 5.73 Å². The summed E-state index contributed by atoms with van der Waals surface area (Å²) >= 11 is 0. The van der Waals surface area contributed by atoms with Gasteiger partial charge in [-0.15, -0.1) is 6.54 Å². The summed E-state index contributed by atoms with van der Waals surface area (Å²) in [4.78, 5) is 10.9. The zero-order chi connectivity index (χ0) is 7.49. The van der Waals surface area contributed by atoms with E-state index in [1.165, 1.54) is 0 Å². The molecule has 0 bridgehead atoms. The number of nitrogens with one attached hydrogen (secondary N) is 1. The maximum Gasteiger partial charge on any atom is 0.136 e. The molecule has 1 N–H and O–H groups in total. The summed E-state index contributed by atoms with van der Waals surface area (Å²) in [5.41, 5.74) is 6.54. The monoisotopic (exact) mass is 217 g/mol. The number of Topliss-reactive ketones (excluding diaryl/α,β-unsaturated/α-hetero) is 1. The van der Waals surface area contributed by atoms with E-state index < -0.39 is 0 Å². The van der Waals surface area contributed by atoms with Crippen molar-refractivity contribution in [2.45, 2.75) is 27.2 Å². The maximum atomic E-state index is 10.9. The summed E-state index contributed by atoms with van der Waals surface area (Å²) in [5.74, 6) is 0.178. The van der Waals surface area contributed by atoms with Gasteiger partial charge in [0.15, 0.2) is 0 Å². The van der Waals surface area contributed by atoms with Crippen LogP contribution in [0.5, 0.6) is 0 Å². The molecular formula is C7H14NOY-. The Labute approximate surface area is 87.8 Å². The van der Waals surface area contributed by atoms with Gasteiger partial charge in [-0.25, -0.2) is 0 Å². The van der Waals surface area contributed by atoms with E-state index in [0.29, 0.717) is 6.42 Å². The average molecular weight is 217 g/mol. The minimum Gasteiger partial charge on any atom is -0.677 e. The molecule has 0 rings (SSSR count). The molecule has 0 aromatic rings. The molecule has 0 amide bonds. The minimum absolute atomic E-state index is 0. The van der Waals surface area contributed by atoms with Gasteiger partial charge in [0, 0.05) is 38.1 Å². The van der Waals surface area contributed by atoms with Crippen LogP contribution in [0.25, 0.3) is 5.73 Å². The predicted molar refractivity (Wildman–Crippen MR) is 38.3 cm³/mol. The second-order valence-electron chi connectivity index (χ2n) is 3.17. The van der Waals surface area contributed by atoms with Crippen molar-refractivity contribution in [1.29, 1.82) is 0 Å². The van der Waals surface area contributed by atoms with E-state index in [9.17, 15) is 4.79 Å². The largest absolute Gasteiger partial charge is 0.677 e. The quantitative estimate of drug-likeness (QED) is 0.697. The second kappa shape index (κ2) is 5.39. The Bertz CT molecular complexity index is 107. The number of carbonyl (C=O) groups is 1. The number of hydrogen-bond acceptors (Lipinski definition) is 1. The molecular weight excluding hydrogens is 203 g/mol. The first-order chi connectivity index (χ1) is 3.98. The van der Waals surface area contributed by atoms with E-state index in [4.69, 9.17) is 5.73 Å². The van der Waals surface area contributed by atoms with Crippen LogP contribution in [-0.4, -0.2) is 12.3 Å². The first-order valence-corrected chi connectivity index (χ1v) is 3.16. The molecule has 3 heteroatoms. The fraction of sp³-hybridized carbons (Fsp3) is 0.857. The first-order valence-electron chi connectivity index (χ1n) is 3.16. The van der Waals surface area contributed by atoms with Gasteiger partial charge in [0.2, 0.25) is 0 Å². The van der Waals surface area contributed by atoms with Gasteiger partial charge in [0.25, 0.3) is 0 Å².